The highest BCUT2D eigenvalue weighted by molar-refractivity contribution is 7.12. The summed E-state index contributed by atoms with van der Waals surface area (Å²) in [6, 6.07) is 0. The first-order valence-electron chi connectivity index (χ1n) is 23.4. The molecule has 0 radical (unpaired) electrons. The molecule has 0 aromatic carbocycles. The number of hydrogen-bond donors (Lipinski definition) is 1. The fraction of sp³-hybridized carbons (Fsp3) is 0.830. The maximum atomic E-state index is 13.6. The molecule has 0 unspecified atom stereocenters. The number of rotatable bonds is 38. The fourth-order valence-corrected chi connectivity index (χ4v) is 8.81. The highest BCUT2D eigenvalue weighted by atomic mass is 32.1. The Morgan fingerprint density at radius 1 is 0.655 bits per heavy atom. The van der Waals surface area contributed by atoms with E-state index in [0.717, 1.165) is 99.0 Å². The molecule has 0 spiro atoms. The third-order valence-electron chi connectivity index (χ3n) is 10.9. The molecule has 58 heavy (non-hydrogen) atoms. The van der Waals surface area contributed by atoms with Gasteiger partial charge in [-0.3, -0.25) is 24.1 Å². The third kappa shape index (κ3) is 25.3. The van der Waals surface area contributed by atoms with Crippen LogP contribution in [0.4, 0.5) is 0 Å². The van der Waals surface area contributed by atoms with Gasteiger partial charge in [-0.2, -0.15) is 0 Å². The van der Waals surface area contributed by atoms with Crippen LogP contribution >= 0.6 is 11.3 Å². The van der Waals surface area contributed by atoms with E-state index in [1.807, 2.05) is 14.1 Å². The van der Waals surface area contributed by atoms with E-state index in [2.05, 4.69) is 29.0 Å². The number of hydrogen-bond acceptors (Lipinski definition) is 10. The van der Waals surface area contributed by atoms with Gasteiger partial charge in [0.2, 0.25) is 0 Å². The Balaban J connectivity index is 1.69. The summed E-state index contributed by atoms with van der Waals surface area (Å²) >= 11 is 1.60. The van der Waals surface area contributed by atoms with Crippen LogP contribution in [0.15, 0.2) is 0 Å². The summed E-state index contributed by atoms with van der Waals surface area (Å²) in [6.45, 7) is 9.75. The molecule has 2 rings (SSSR count). The predicted octanol–water partition coefficient (Wildman–Crippen LogP) is 10.4. The van der Waals surface area contributed by atoms with Crippen LogP contribution in [-0.4, -0.2) is 93.7 Å². The average Bonchev–Trinajstić information content (AvgIpc) is 3.56. The standard InChI is InChI=1S/C47H83N3O7S/c1-5-7-9-11-13-18-24-35-56-44(52)28-20-16-15-17-23-34-55-39-50-33-30-41-43(38-50)58-42(46(41)47(54)48-31-26-32-49(3)4)37-40(51)27-21-22-29-45(53)57-36-25-19-14-12-10-8-6-2/h5-39H2,1-4H3,(H,48,54). The first-order chi connectivity index (χ1) is 28.2. The van der Waals surface area contributed by atoms with E-state index >= 15 is 0 Å². The van der Waals surface area contributed by atoms with Crippen molar-refractivity contribution in [3.63, 3.8) is 0 Å². The highest BCUT2D eigenvalue weighted by Gasteiger charge is 2.28. The van der Waals surface area contributed by atoms with Gasteiger partial charge in [-0.1, -0.05) is 110 Å². The summed E-state index contributed by atoms with van der Waals surface area (Å²) in [5.74, 6) is -0.204. The largest absolute Gasteiger partial charge is 0.466 e. The number of unbranched alkanes of at least 4 members (excludes halogenated alkanes) is 17. The van der Waals surface area contributed by atoms with Crippen LogP contribution in [0.5, 0.6) is 0 Å². The van der Waals surface area contributed by atoms with E-state index in [0.29, 0.717) is 77.3 Å². The van der Waals surface area contributed by atoms with Crippen LogP contribution in [0, 0.1) is 0 Å². The molecule has 2 heterocycles. The van der Waals surface area contributed by atoms with Crippen LogP contribution in [0.2, 0.25) is 0 Å². The summed E-state index contributed by atoms with van der Waals surface area (Å²) in [5, 5.41) is 3.12. The summed E-state index contributed by atoms with van der Waals surface area (Å²) in [5.41, 5.74) is 1.79. The molecule has 0 atom stereocenters. The Morgan fingerprint density at radius 2 is 1.17 bits per heavy atom. The third-order valence-corrected chi connectivity index (χ3v) is 12.1. The highest BCUT2D eigenvalue weighted by Crippen LogP contribution is 2.34. The van der Waals surface area contributed by atoms with Crippen LogP contribution in [0.25, 0.3) is 0 Å². The monoisotopic (exact) mass is 834 g/mol. The second kappa shape index (κ2) is 34.4. The number of carbonyl (C=O) groups excluding carboxylic acids is 4. The van der Waals surface area contributed by atoms with Crippen molar-refractivity contribution in [2.45, 2.75) is 194 Å². The van der Waals surface area contributed by atoms with Gasteiger partial charge < -0.3 is 24.4 Å². The molecule has 1 aromatic rings. The molecule has 0 saturated heterocycles. The molecule has 1 aliphatic rings. The first kappa shape index (κ1) is 51.8. The van der Waals surface area contributed by atoms with Crippen molar-refractivity contribution in [3.8, 4) is 0 Å². The number of amides is 1. The van der Waals surface area contributed by atoms with Gasteiger partial charge in [-0.05, 0) is 77.6 Å². The number of carbonyl (C=O) groups is 4. The molecule has 0 saturated carbocycles. The van der Waals surface area contributed by atoms with E-state index < -0.39 is 0 Å². The normalized spacial score (nSPS) is 12.8. The van der Waals surface area contributed by atoms with Gasteiger partial charge in [0.1, 0.15) is 5.78 Å². The molecule has 334 valence electrons. The average molecular weight is 834 g/mol. The zero-order valence-corrected chi connectivity index (χ0v) is 38.2. The number of fused-ring (bicyclic) bond motifs is 1. The topological polar surface area (TPSA) is 114 Å². The predicted molar refractivity (Wildman–Crippen MR) is 238 cm³/mol. The quantitative estimate of drug-likeness (QED) is 0.0514. The van der Waals surface area contributed by atoms with Crippen molar-refractivity contribution < 1.29 is 33.4 Å². The number of nitrogens with zero attached hydrogens (tertiary/aromatic N) is 2. The molecule has 0 bridgehead atoms. The van der Waals surface area contributed by atoms with Gasteiger partial charge in [-0.15, -0.1) is 11.3 Å². The van der Waals surface area contributed by atoms with Gasteiger partial charge >= 0.3 is 11.9 Å². The second-order valence-corrected chi connectivity index (χ2v) is 17.9. The summed E-state index contributed by atoms with van der Waals surface area (Å²) in [7, 11) is 4.05. The Hall–Kier alpha value is -2.34. The number of nitrogens with one attached hydrogen (secondary N) is 1. The molecule has 0 aliphatic carbocycles. The van der Waals surface area contributed by atoms with Crippen molar-refractivity contribution in [3.05, 3.63) is 20.9 Å². The van der Waals surface area contributed by atoms with E-state index in [9.17, 15) is 19.2 Å². The van der Waals surface area contributed by atoms with Crippen LogP contribution in [-0.2, 0) is 48.0 Å². The zero-order chi connectivity index (χ0) is 42.1. The number of ether oxygens (including phenoxy) is 3. The smallest absolute Gasteiger partial charge is 0.305 e. The number of thiophene rings is 1. The maximum Gasteiger partial charge on any atom is 0.305 e. The molecule has 11 heteroatoms. The van der Waals surface area contributed by atoms with Gasteiger partial charge in [0.05, 0.1) is 25.5 Å². The van der Waals surface area contributed by atoms with E-state index in [1.165, 1.54) is 64.2 Å². The molecule has 1 aromatic heterocycles. The van der Waals surface area contributed by atoms with E-state index in [4.69, 9.17) is 14.2 Å². The minimum atomic E-state index is -0.175. The van der Waals surface area contributed by atoms with Gasteiger partial charge in [0, 0.05) is 61.7 Å². The Morgan fingerprint density at radius 3 is 1.76 bits per heavy atom. The molecule has 1 aliphatic heterocycles. The minimum absolute atomic E-state index is 0.0594. The summed E-state index contributed by atoms with van der Waals surface area (Å²) < 4.78 is 16.9. The zero-order valence-electron chi connectivity index (χ0n) is 37.4. The van der Waals surface area contributed by atoms with Crippen molar-refractivity contribution in [1.29, 1.82) is 0 Å². The van der Waals surface area contributed by atoms with Crippen molar-refractivity contribution >= 4 is 35.0 Å². The van der Waals surface area contributed by atoms with E-state index in [1.54, 1.807) is 11.3 Å². The van der Waals surface area contributed by atoms with Crippen LogP contribution in [0.3, 0.4) is 0 Å². The molecule has 0 fully saturated rings. The summed E-state index contributed by atoms with van der Waals surface area (Å²) in [4.78, 5) is 57.4. The lowest BCUT2D eigenvalue weighted by molar-refractivity contribution is -0.144. The molecular weight excluding hydrogens is 751 g/mol. The lowest BCUT2D eigenvalue weighted by atomic mass is 9.98. The molecule has 1 amide bonds. The SMILES string of the molecule is CCCCCCCCCOC(=O)CCCCCCCOCN1CCc2c(sc(CC(=O)CCCCC(=O)OCCCCCCCCC)c2C(=O)NCCCN(C)C)C1. The van der Waals surface area contributed by atoms with Crippen LogP contribution < -0.4 is 5.32 Å². The number of Topliss-reactive ketones (excluding diaryl/α,β-unsaturated/α-hetero) is 1. The fourth-order valence-electron chi connectivity index (χ4n) is 7.39. The van der Waals surface area contributed by atoms with Gasteiger partial charge in [0.25, 0.3) is 5.91 Å². The minimum Gasteiger partial charge on any atom is -0.466 e. The van der Waals surface area contributed by atoms with Crippen molar-refractivity contribution in [2.24, 2.45) is 0 Å². The second-order valence-electron chi connectivity index (χ2n) is 16.7. The number of esters is 2. The van der Waals surface area contributed by atoms with Crippen molar-refractivity contribution in [2.75, 3.05) is 60.3 Å². The van der Waals surface area contributed by atoms with Crippen LogP contribution in [0.1, 0.15) is 200 Å². The maximum absolute atomic E-state index is 13.6. The number of ketones is 1. The van der Waals surface area contributed by atoms with Gasteiger partial charge in [-0.25, -0.2) is 0 Å². The molecule has 10 nitrogen and oxygen atoms in total. The van der Waals surface area contributed by atoms with Crippen molar-refractivity contribution in [1.82, 2.24) is 15.1 Å². The Bertz CT molecular complexity index is 1250. The molecule has 1 N–H and O–H groups in total. The van der Waals surface area contributed by atoms with Gasteiger partial charge in [0.15, 0.2) is 0 Å². The lowest BCUT2D eigenvalue weighted by Crippen LogP contribution is -2.33. The molecular formula is C47H83N3O7S. The Kier molecular flexibility index (Phi) is 30.7. The summed E-state index contributed by atoms with van der Waals surface area (Å²) in [6.07, 6.45) is 26.3. The first-order valence-corrected chi connectivity index (χ1v) is 24.3. The van der Waals surface area contributed by atoms with E-state index in [-0.39, 0.29) is 30.0 Å². The Labute approximate surface area is 357 Å². The lowest BCUT2D eigenvalue weighted by Gasteiger charge is -2.26.